The molecule has 0 spiro atoms. The Bertz CT molecular complexity index is 469. The SMILES string of the molecule is C[C@H]1CC[C@H]([C@H]2CC[C@H](c3ccc(OC(F)F)cc3)CC2)CC1. The molecule has 0 aliphatic heterocycles. The van der Waals surface area contributed by atoms with Crippen molar-refractivity contribution >= 4 is 0 Å². The van der Waals surface area contributed by atoms with Crippen molar-refractivity contribution in [1.82, 2.24) is 0 Å². The van der Waals surface area contributed by atoms with Crippen LogP contribution in [0.4, 0.5) is 8.78 Å². The third-order valence-electron chi connectivity index (χ3n) is 6.08. The highest BCUT2D eigenvalue weighted by atomic mass is 19.3. The van der Waals surface area contributed by atoms with E-state index in [1.807, 2.05) is 12.1 Å². The summed E-state index contributed by atoms with van der Waals surface area (Å²) >= 11 is 0. The van der Waals surface area contributed by atoms with Crippen molar-refractivity contribution in [2.75, 3.05) is 0 Å². The van der Waals surface area contributed by atoms with E-state index in [1.54, 1.807) is 12.1 Å². The van der Waals surface area contributed by atoms with E-state index in [2.05, 4.69) is 11.7 Å². The van der Waals surface area contributed by atoms with Crippen LogP contribution in [0.2, 0.25) is 0 Å². The fourth-order valence-electron chi connectivity index (χ4n) is 4.60. The maximum Gasteiger partial charge on any atom is 0.387 e. The fourth-order valence-corrected chi connectivity index (χ4v) is 4.60. The summed E-state index contributed by atoms with van der Waals surface area (Å²) < 4.78 is 28.8. The average molecular weight is 322 g/mol. The van der Waals surface area contributed by atoms with Gasteiger partial charge < -0.3 is 4.74 Å². The molecule has 3 heteroatoms. The van der Waals surface area contributed by atoms with Crippen LogP contribution in [-0.2, 0) is 0 Å². The number of hydrogen-bond donors (Lipinski definition) is 0. The number of benzene rings is 1. The molecular weight excluding hydrogens is 294 g/mol. The first kappa shape index (κ1) is 16.7. The number of ether oxygens (including phenoxy) is 1. The molecule has 0 radical (unpaired) electrons. The first-order valence-electron chi connectivity index (χ1n) is 9.16. The number of hydrogen-bond acceptors (Lipinski definition) is 1. The van der Waals surface area contributed by atoms with Gasteiger partial charge in [0.05, 0.1) is 0 Å². The molecule has 0 saturated heterocycles. The third kappa shape index (κ3) is 4.45. The smallest absolute Gasteiger partial charge is 0.387 e. The molecule has 0 heterocycles. The van der Waals surface area contributed by atoms with E-state index >= 15 is 0 Å². The molecule has 128 valence electrons. The summed E-state index contributed by atoms with van der Waals surface area (Å²) in [6.07, 6.45) is 10.8. The molecule has 0 bridgehead atoms. The van der Waals surface area contributed by atoms with Crippen LogP contribution in [0, 0.1) is 17.8 Å². The van der Waals surface area contributed by atoms with Gasteiger partial charge in [0.25, 0.3) is 0 Å². The Labute approximate surface area is 138 Å². The van der Waals surface area contributed by atoms with Crippen LogP contribution >= 0.6 is 0 Å². The predicted octanol–water partition coefficient (Wildman–Crippen LogP) is 6.39. The highest BCUT2D eigenvalue weighted by Gasteiger charge is 2.30. The minimum atomic E-state index is -2.74. The Balaban J connectivity index is 1.50. The zero-order chi connectivity index (χ0) is 16.2. The van der Waals surface area contributed by atoms with Crippen LogP contribution in [0.3, 0.4) is 0 Å². The number of rotatable bonds is 4. The molecule has 0 aromatic heterocycles. The van der Waals surface area contributed by atoms with E-state index in [0.29, 0.717) is 5.92 Å². The summed E-state index contributed by atoms with van der Waals surface area (Å²) in [6, 6.07) is 7.28. The maximum atomic E-state index is 12.2. The number of halogens is 2. The molecule has 2 fully saturated rings. The fraction of sp³-hybridized carbons (Fsp3) is 0.700. The van der Waals surface area contributed by atoms with Gasteiger partial charge in [0, 0.05) is 0 Å². The lowest BCUT2D eigenvalue weighted by atomic mass is 9.68. The molecular formula is C20H28F2O. The maximum absolute atomic E-state index is 12.2. The van der Waals surface area contributed by atoms with Crippen LogP contribution in [0.5, 0.6) is 5.75 Å². The zero-order valence-electron chi connectivity index (χ0n) is 14.0. The van der Waals surface area contributed by atoms with Crippen molar-refractivity contribution in [2.24, 2.45) is 17.8 Å². The molecule has 1 aromatic carbocycles. The van der Waals surface area contributed by atoms with Crippen LogP contribution in [0.15, 0.2) is 24.3 Å². The van der Waals surface area contributed by atoms with Gasteiger partial charge in [0.2, 0.25) is 0 Å². The lowest BCUT2D eigenvalue weighted by Gasteiger charge is -2.37. The lowest BCUT2D eigenvalue weighted by Crippen LogP contribution is -2.24. The monoisotopic (exact) mass is 322 g/mol. The summed E-state index contributed by atoms with van der Waals surface area (Å²) in [4.78, 5) is 0. The van der Waals surface area contributed by atoms with Gasteiger partial charge in [-0.1, -0.05) is 31.9 Å². The van der Waals surface area contributed by atoms with Gasteiger partial charge in [-0.05, 0) is 79.9 Å². The minimum Gasteiger partial charge on any atom is -0.435 e. The molecule has 2 saturated carbocycles. The second-order valence-corrected chi connectivity index (χ2v) is 7.58. The van der Waals surface area contributed by atoms with Gasteiger partial charge in [0.15, 0.2) is 0 Å². The van der Waals surface area contributed by atoms with Gasteiger partial charge in [-0.25, -0.2) is 0 Å². The first-order valence-corrected chi connectivity index (χ1v) is 9.16. The molecule has 1 nitrogen and oxygen atoms in total. The molecule has 2 aliphatic rings. The Morgan fingerprint density at radius 3 is 1.87 bits per heavy atom. The van der Waals surface area contributed by atoms with E-state index < -0.39 is 6.61 Å². The highest BCUT2D eigenvalue weighted by Crippen LogP contribution is 2.43. The first-order chi connectivity index (χ1) is 11.1. The van der Waals surface area contributed by atoms with Crippen molar-refractivity contribution in [3.8, 4) is 5.75 Å². The van der Waals surface area contributed by atoms with Crippen molar-refractivity contribution in [3.05, 3.63) is 29.8 Å². The summed E-state index contributed by atoms with van der Waals surface area (Å²) in [6.45, 7) is -0.358. The molecule has 0 amide bonds. The van der Waals surface area contributed by atoms with Crippen LogP contribution < -0.4 is 4.74 Å². The topological polar surface area (TPSA) is 9.23 Å². The van der Waals surface area contributed by atoms with Crippen LogP contribution in [-0.4, -0.2) is 6.61 Å². The molecule has 3 rings (SSSR count). The Hall–Kier alpha value is -1.12. The molecule has 0 unspecified atom stereocenters. The van der Waals surface area contributed by atoms with Crippen molar-refractivity contribution in [1.29, 1.82) is 0 Å². The average Bonchev–Trinajstić information content (AvgIpc) is 2.56. The summed E-state index contributed by atoms with van der Waals surface area (Å²) in [5.41, 5.74) is 1.28. The Morgan fingerprint density at radius 1 is 0.826 bits per heavy atom. The summed E-state index contributed by atoms with van der Waals surface area (Å²) in [5, 5.41) is 0. The normalized spacial score (nSPS) is 32.0. The van der Waals surface area contributed by atoms with Gasteiger partial charge >= 0.3 is 6.61 Å². The third-order valence-corrected chi connectivity index (χ3v) is 6.08. The van der Waals surface area contributed by atoms with Gasteiger partial charge in [0.1, 0.15) is 5.75 Å². The van der Waals surface area contributed by atoms with E-state index in [0.717, 1.165) is 17.8 Å². The Kier molecular flexibility index (Phi) is 5.55. The van der Waals surface area contributed by atoms with Gasteiger partial charge in [-0.3, -0.25) is 0 Å². The molecule has 23 heavy (non-hydrogen) atoms. The van der Waals surface area contributed by atoms with Crippen LogP contribution in [0.25, 0.3) is 0 Å². The summed E-state index contributed by atoms with van der Waals surface area (Å²) in [7, 11) is 0. The van der Waals surface area contributed by atoms with Crippen molar-refractivity contribution in [2.45, 2.75) is 70.8 Å². The molecule has 0 N–H and O–H groups in total. The molecule has 2 aliphatic carbocycles. The standard InChI is InChI=1S/C20H28F2O/c1-14-2-4-15(5-3-14)16-6-8-17(9-7-16)18-10-12-19(13-11-18)23-20(21)22/h10-17,20H,2-9H2,1H3/t14-,15-,16-,17-. The lowest BCUT2D eigenvalue weighted by molar-refractivity contribution is -0.0498. The van der Waals surface area contributed by atoms with E-state index in [-0.39, 0.29) is 5.75 Å². The predicted molar refractivity (Wildman–Crippen MR) is 88.9 cm³/mol. The van der Waals surface area contributed by atoms with Crippen molar-refractivity contribution in [3.63, 3.8) is 0 Å². The second kappa shape index (κ2) is 7.63. The van der Waals surface area contributed by atoms with Gasteiger partial charge in [-0.2, -0.15) is 8.78 Å². The van der Waals surface area contributed by atoms with E-state index in [1.165, 1.54) is 56.9 Å². The molecule has 0 atom stereocenters. The largest absolute Gasteiger partial charge is 0.435 e. The van der Waals surface area contributed by atoms with Gasteiger partial charge in [-0.15, -0.1) is 0 Å². The van der Waals surface area contributed by atoms with Crippen LogP contribution in [0.1, 0.15) is 69.8 Å². The number of alkyl halides is 2. The Morgan fingerprint density at radius 2 is 1.35 bits per heavy atom. The quantitative estimate of drug-likeness (QED) is 0.624. The molecule has 1 aromatic rings. The summed E-state index contributed by atoms with van der Waals surface area (Å²) in [5.74, 6) is 3.65. The second-order valence-electron chi connectivity index (χ2n) is 7.58. The highest BCUT2D eigenvalue weighted by molar-refractivity contribution is 5.29. The zero-order valence-corrected chi connectivity index (χ0v) is 14.0. The van der Waals surface area contributed by atoms with E-state index in [9.17, 15) is 8.78 Å². The van der Waals surface area contributed by atoms with E-state index in [4.69, 9.17) is 0 Å². The minimum absolute atomic E-state index is 0.258. The van der Waals surface area contributed by atoms with Crippen molar-refractivity contribution < 1.29 is 13.5 Å².